The van der Waals surface area contributed by atoms with Gasteiger partial charge in [-0.1, -0.05) is 18.2 Å². The molecule has 0 atom stereocenters. The number of amides is 1. The van der Waals surface area contributed by atoms with Crippen molar-refractivity contribution in [1.82, 2.24) is 10.3 Å². The van der Waals surface area contributed by atoms with Crippen molar-refractivity contribution in [3.05, 3.63) is 89.8 Å². The number of hydrogen-bond donors (Lipinski definition) is 2. The Hall–Kier alpha value is -2.99. The monoisotopic (exact) mass is 394 g/mol. The van der Waals surface area contributed by atoms with Crippen LogP contribution in [0.25, 0.3) is 10.9 Å². The van der Waals surface area contributed by atoms with E-state index in [1.54, 1.807) is 23.9 Å². The van der Waals surface area contributed by atoms with E-state index >= 15 is 0 Å². The Morgan fingerprint density at radius 3 is 2.86 bits per heavy atom. The number of aromatic amines is 1. The SMILES string of the molecule is O=C(NCCc1c[nH]c2ccc(F)cc12)c1ccoc1CSc1ccccc1. The van der Waals surface area contributed by atoms with E-state index in [4.69, 9.17) is 4.42 Å². The van der Waals surface area contributed by atoms with E-state index in [1.807, 2.05) is 36.5 Å². The first-order valence-electron chi connectivity index (χ1n) is 8.98. The predicted molar refractivity (Wildman–Crippen MR) is 109 cm³/mol. The number of hydrogen-bond acceptors (Lipinski definition) is 3. The van der Waals surface area contributed by atoms with Gasteiger partial charge in [0.1, 0.15) is 11.6 Å². The fraction of sp³-hybridized carbons (Fsp3) is 0.136. The Morgan fingerprint density at radius 1 is 1.14 bits per heavy atom. The predicted octanol–water partition coefficient (Wildman–Crippen LogP) is 5.16. The quantitative estimate of drug-likeness (QED) is 0.426. The number of thioether (sulfide) groups is 1. The molecule has 0 aliphatic carbocycles. The maximum atomic E-state index is 13.5. The Balaban J connectivity index is 1.35. The highest BCUT2D eigenvalue weighted by molar-refractivity contribution is 7.98. The first-order chi connectivity index (χ1) is 13.7. The third-order valence-electron chi connectivity index (χ3n) is 4.51. The van der Waals surface area contributed by atoms with Crippen molar-refractivity contribution >= 4 is 28.6 Å². The van der Waals surface area contributed by atoms with Crippen LogP contribution < -0.4 is 5.32 Å². The van der Waals surface area contributed by atoms with Gasteiger partial charge in [0.05, 0.1) is 17.6 Å². The molecule has 0 spiro atoms. The zero-order valence-electron chi connectivity index (χ0n) is 15.1. The van der Waals surface area contributed by atoms with Gasteiger partial charge in [-0.15, -0.1) is 11.8 Å². The number of H-pyrrole nitrogens is 1. The summed E-state index contributed by atoms with van der Waals surface area (Å²) in [6.45, 7) is 0.457. The number of fused-ring (bicyclic) bond motifs is 1. The lowest BCUT2D eigenvalue weighted by molar-refractivity contribution is 0.0952. The molecule has 2 N–H and O–H groups in total. The summed E-state index contributed by atoms with van der Waals surface area (Å²) in [6.07, 6.45) is 4.01. The first kappa shape index (κ1) is 18.4. The van der Waals surface area contributed by atoms with Crippen LogP contribution in [0.4, 0.5) is 4.39 Å². The standard InChI is InChI=1S/C22H19FN2O2S/c23-16-6-7-20-19(12-16)15(13-25-20)8-10-24-22(26)18-9-11-27-21(18)14-28-17-4-2-1-3-5-17/h1-7,9,11-13,25H,8,10,14H2,(H,24,26). The van der Waals surface area contributed by atoms with Gasteiger partial charge in [-0.05, 0) is 48.4 Å². The Kier molecular flexibility index (Phi) is 5.48. The molecule has 2 heterocycles. The van der Waals surface area contributed by atoms with Crippen LogP contribution in [-0.4, -0.2) is 17.4 Å². The summed E-state index contributed by atoms with van der Waals surface area (Å²) in [6, 6.07) is 16.3. The second kappa shape index (κ2) is 8.35. The van der Waals surface area contributed by atoms with Crippen molar-refractivity contribution in [2.45, 2.75) is 17.1 Å². The van der Waals surface area contributed by atoms with E-state index in [0.717, 1.165) is 21.4 Å². The molecule has 0 aliphatic heterocycles. The lowest BCUT2D eigenvalue weighted by Gasteiger charge is -2.06. The molecule has 4 rings (SSSR count). The van der Waals surface area contributed by atoms with Crippen LogP contribution in [-0.2, 0) is 12.2 Å². The maximum absolute atomic E-state index is 13.5. The highest BCUT2D eigenvalue weighted by atomic mass is 32.2. The van der Waals surface area contributed by atoms with Crippen molar-refractivity contribution in [3.63, 3.8) is 0 Å². The normalized spacial score (nSPS) is 11.0. The van der Waals surface area contributed by atoms with E-state index in [9.17, 15) is 9.18 Å². The van der Waals surface area contributed by atoms with Crippen molar-refractivity contribution in [2.75, 3.05) is 6.54 Å². The van der Waals surface area contributed by atoms with Crippen LogP contribution in [0.5, 0.6) is 0 Å². The Labute approximate surface area is 166 Å². The van der Waals surface area contributed by atoms with Gasteiger partial charge in [-0.25, -0.2) is 4.39 Å². The van der Waals surface area contributed by atoms with E-state index in [-0.39, 0.29) is 11.7 Å². The Morgan fingerprint density at radius 2 is 2.00 bits per heavy atom. The molecule has 0 radical (unpaired) electrons. The average molecular weight is 394 g/mol. The largest absolute Gasteiger partial charge is 0.468 e. The van der Waals surface area contributed by atoms with E-state index in [1.165, 1.54) is 18.4 Å². The van der Waals surface area contributed by atoms with Gasteiger partial charge in [0.2, 0.25) is 0 Å². The molecule has 0 aliphatic rings. The highest BCUT2D eigenvalue weighted by Crippen LogP contribution is 2.25. The molecule has 0 saturated heterocycles. The van der Waals surface area contributed by atoms with Gasteiger partial charge >= 0.3 is 0 Å². The summed E-state index contributed by atoms with van der Waals surface area (Å²) >= 11 is 1.62. The molecule has 4 nitrogen and oxygen atoms in total. The molecular formula is C22H19FN2O2S. The van der Waals surface area contributed by atoms with Crippen LogP contribution in [0.1, 0.15) is 21.7 Å². The van der Waals surface area contributed by atoms with E-state index in [0.29, 0.717) is 30.0 Å². The number of halogens is 1. The van der Waals surface area contributed by atoms with Crippen molar-refractivity contribution in [2.24, 2.45) is 0 Å². The third-order valence-corrected chi connectivity index (χ3v) is 5.52. The summed E-state index contributed by atoms with van der Waals surface area (Å²) in [5.74, 6) is 0.807. The zero-order valence-corrected chi connectivity index (χ0v) is 15.9. The minimum atomic E-state index is -0.267. The molecule has 28 heavy (non-hydrogen) atoms. The van der Waals surface area contributed by atoms with Gasteiger partial charge in [0.15, 0.2) is 0 Å². The second-order valence-electron chi connectivity index (χ2n) is 6.37. The number of benzene rings is 2. The van der Waals surface area contributed by atoms with E-state index in [2.05, 4.69) is 10.3 Å². The summed E-state index contributed by atoms with van der Waals surface area (Å²) < 4.78 is 19.0. The topological polar surface area (TPSA) is 58.0 Å². The van der Waals surface area contributed by atoms with Gasteiger partial charge < -0.3 is 14.7 Å². The zero-order chi connectivity index (χ0) is 19.3. The number of nitrogens with one attached hydrogen (secondary N) is 2. The minimum absolute atomic E-state index is 0.163. The number of carbonyl (C=O) groups is 1. The average Bonchev–Trinajstić information content (AvgIpc) is 3.34. The molecule has 0 fully saturated rings. The van der Waals surface area contributed by atoms with Crippen LogP contribution in [0, 0.1) is 5.82 Å². The summed E-state index contributed by atoms with van der Waals surface area (Å²) in [5, 5.41) is 3.77. The third kappa shape index (κ3) is 4.12. The van der Waals surface area contributed by atoms with Gasteiger partial charge in [0.25, 0.3) is 5.91 Å². The molecule has 0 saturated carbocycles. The Bertz CT molecular complexity index is 1090. The second-order valence-corrected chi connectivity index (χ2v) is 7.42. The van der Waals surface area contributed by atoms with Crippen LogP contribution in [0.2, 0.25) is 0 Å². The lowest BCUT2D eigenvalue weighted by atomic mass is 10.1. The van der Waals surface area contributed by atoms with Gasteiger partial charge in [-0.2, -0.15) is 0 Å². The van der Waals surface area contributed by atoms with Crippen LogP contribution in [0.15, 0.2) is 76.4 Å². The fourth-order valence-corrected chi connectivity index (χ4v) is 3.95. The highest BCUT2D eigenvalue weighted by Gasteiger charge is 2.15. The molecule has 0 bridgehead atoms. The molecule has 2 aromatic heterocycles. The number of rotatable bonds is 7. The fourth-order valence-electron chi connectivity index (χ4n) is 3.08. The summed E-state index contributed by atoms with van der Waals surface area (Å²) in [5.41, 5.74) is 2.41. The minimum Gasteiger partial charge on any atom is -0.468 e. The maximum Gasteiger partial charge on any atom is 0.254 e. The number of carbonyl (C=O) groups excluding carboxylic acids is 1. The van der Waals surface area contributed by atoms with Crippen molar-refractivity contribution in [3.8, 4) is 0 Å². The molecule has 1 amide bonds. The molecule has 6 heteroatoms. The summed E-state index contributed by atoms with van der Waals surface area (Å²) in [4.78, 5) is 16.8. The van der Waals surface area contributed by atoms with Crippen LogP contribution in [0.3, 0.4) is 0 Å². The van der Waals surface area contributed by atoms with Gasteiger partial charge in [0, 0.05) is 28.5 Å². The first-order valence-corrected chi connectivity index (χ1v) is 9.97. The lowest BCUT2D eigenvalue weighted by Crippen LogP contribution is -2.26. The molecule has 142 valence electrons. The van der Waals surface area contributed by atoms with Crippen molar-refractivity contribution < 1.29 is 13.6 Å². The smallest absolute Gasteiger partial charge is 0.254 e. The van der Waals surface area contributed by atoms with Gasteiger partial charge in [-0.3, -0.25) is 4.79 Å². The number of furan rings is 1. The van der Waals surface area contributed by atoms with Crippen LogP contribution >= 0.6 is 11.8 Å². The summed E-state index contributed by atoms with van der Waals surface area (Å²) in [7, 11) is 0. The van der Waals surface area contributed by atoms with Crippen molar-refractivity contribution in [1.29, 1.82) is 0 Å². The van der Waals surface area contributed by atoms with E-state index < -0.39 is 0 Å². The molecule has 0 unspecified atom stereocenters. The molecule has 2 aromatic carbocycles. The number of aromatic nitrogens is 1. The molecule has 4 aromatic rings. The molecular weight excluding hydrogens is 375 g/mol.